The molecule has 0 aliphatic rings. The Bertz CT molecular complexity index is 585. The average Bonchev–Trinajstić information content (AvgIpc) is 2.92. The number of aryl methyl sites for hydroxylation is 1. The van der Waals surface area contributed by atoms with E-state index in [2.05, 4.69) is 20.4 Å². The number of thioether (sulfide) groups is 1. The molecule has 0 spiro atoms. The Morgan fingerprint density at radius 2 is 2.33 bits per heavy atom. The van der Waals surface area contributed by atoms with Crippen LogP contribution in [0.2, 0.25) is 0 Å². The summed E-state index contributed by atoms with van der Waals surface area (Å²) in [7, 11) is 1.59. The summed E-state index contributed by atoms with van der Waals surface area (Å²) in [5.41, 5.74) is 0.754. The van der Waals surface area contributed by atoms with Gasteiger partial charge in [0.2, 0.25) is 5.91 Å². The number of hydrogen-bond acceptors (Lipinski definition) is 7. The molecule has 0 aromatic carbocycles. The van der Waals surface area contributed by atoms with E-state index in [0.717, 1.165) is 10.6 Å². The van der Waals surface area contributed by atoms with Gasteiger partial charge in [-0.25, -0.2) is 4.98 Å². The second-order valence-electron chi connectivity index (χ2n) is 4.16. The van der Waals surface area contributed by atoms with Crippen molar-refractivity contribution in [3.05, 3.63) is 24.2 Å². The minimum absolute atomic E-state index is 0.0459. The second-order valence-corrected chi connectivity index (χ2v) is 5.16. The fraction of sp³-hybridized carbons (Fsp3) is 0.385. The fourth-order valence-electron chi connectivity index (χ4n) is 1.49. The largest absolute Gasteiger partial charge is 0.383 e. The van der Waals surface area contributed by atoms with Gasteiger partial charge in [0.1, 0.15) is 0 Å². The first-order chi connectivity index (χ1) is 10.2. The third-order valence-corrected chi connectivity index (χ3v) is 3.43. The summed E-state index contributed by atoms with van der Waals surface area (Å²) in [6.45, 7) is 2.78. The van der Waals surface area contributed by atoms with Crippen LogP contribution < -0.4 is 5.32 Å². The van der Waals surface area contributed by atoms with Gasteiger partial charge in [0.05, 0.1) is 22.9 Å². The van der Waals surface area contributed by atoms with Crippen LogP contribution in [0.15, 0.2) is 27.9 Å². The number of methoxy groups -OCH3 is 1. The van der Waals surface area contributed by atoms with Crippen LogP contribution in [-0.4, -0.2) is 47.0 Å². The van der Waals surface area contributed by atoms with Crippen LogP contribution in [0.3, 0.4) is 0 Å². The maximum absolute atomic E-state index is 11.5. The van der Waals surface area contributed by atoms with E-state index in [4.69, 9.17) is 9.26 Å². The third-order valence-electron chi connectivity index (χ3n) is 2.49. The number of nitrogens with zero attached hydrogens (tertiary/aromatic N) is 3. The molecule has 0 saturated heterocycles. The first-order valence-electron chi connectivity index (χ1n) is 6.34. The number of ether oxygens (including phenoxy) is 1. The Balaban J connectivity index is 1.84. The molecular weight excluding hydrogens is 292 g/mol. The summed E-state index contributed by atoms with van der Waals surface area (Å²) in [4.78, 5) is 19.9. The van der Waals surface area contributed by atoms with E-state index in [-0.39, 0.29) is 5.91 Å². The van der Waals surface area contributed by atoms with Crippen molar-refractivity contribution in [2.45, 2.75) is 11.9 Å². The maximum Gasteiger partial charge on any atom is 0.259 e. The van der Waals surface area contributed by atoms with E-state index in [1.165, 1.54) is 11.8 Å². The molecule has 0 unspecified atom stereocenters. The first kappa shape index (κ1) is 15.5. The molecular formula is C13H16N4O3S. The van der Waals surface area contributed by atoms with Gasteiger partial charge in [-0.05, 0) is 19.1 Å². The molecule has 0 radical (unpaired) electrons. The highest BCUT2D eigenvalue weighted by Crippen LogP contribution is 2.20. The topological polar surface area (TPSA) is 90.1 Å². The molecule has 8 heteroatoms. The zero-order valence-corrected chi connectivity index (χ0v) is 12.6. The van der Waals surface area contributed by atoms with E-state index in [1.807, 2.05) is 12.1 Å². The number of rotatable bonds is 7. The lowest BCUT2D eigenvalue weighted by atomic mass is 10.3. The van der Waals surface area contributed by atoms with Gasteiger partial charge in [-0.3, -0.25) is 4.79 Å². The zero-order valence-electron chi connectivity index (χ0n) is 11.8. The van der Waals surface area contributed by atoms with Crippen LogP contribution in [0.1, 0.15) is 5.82 Å². The van der Waals surface area contributed by atoms with E-state index in [0.29, 0.717) is 30.6 Å². The van der Waals surface area contributed by atoms with Crippen molar-refractivity contribution < 1.29 is 14.1 Å². The number of carbonyl (C=O) groups excluding carboxylic acids is 1. The van der Waals surface area contributed by atoms with Crippen LogP contribution in [-0.2, 0) is 9.53 Å². The monoisotopic (exact) mass is 308 g/mol. The summed E-state index contributed by atoms with van der Waals surface area (Å²) in [5.74, 6) is 1.29. The third kappa shape index (κ3) is 4.83. The van der Waals surface area contributed by atoms with Gasteiger partial charge < -0.3 is 14.6 Å². The number of aromatic nitrogens is 3. The van der Waals surface area contributed by atoms with Gasteiger partial charge in [0.15, 0.2) is 5.82 Å². The minimum atomic E-state index is -0.0459. The lowest BCUT2D eigenvalue weighted by molar-refractivity contribution is -0.118. The van der Waals surface area contributed by atoms with E-state index in [9.17, 15) is 4.79 Å². The van der Waals surface area contributed by atoms with Crippen molar-refractivity contribution >= 4 is 17.7 Å². The Morgan fingerprint density at radius 3 is 2.95 bits per heavy atom. The molecule has 7 nitrogen and oxygen atoms in total. The molecule has 2 rings (SSSR count). The molecule has 112 valence electrons. The van der Waals surface area contributed by atoms with Crippen LogP contribution in [0.5, 0.6) is 0 Å². The van der Waals surface area contributed by atoms with Crippen molar-refractivity contribution in [3.8, 4) is 11.5 Å². The van der Waals surface area contributed by atoms with Gasteiger partial charge in [-0.15, -0.1) is 0 Å². The summed E-state index contributed by atoms with van der Waals surface area (Å²) in [6.07, 6.45) is 1.65. The van der Waals surface area contributed by atoms with E-state index in [1.54, 1.807) is 20.2 Å². The van der Waals surface area contributed by atoms with Crippen molar-refractivity contribution in [3.63, 3.8) is 0 Å². The van der Waals surface area contributed by atoms with E-state index < -0.39 is 0 Å². The predicted molar refractivity (Wildman–Crippen MR) is 77.9 cm³/mol. The average molecular weight is 308 g/mol. The first-order valence-corrected chi connectivity index (χ1v) is 7.33. The van der Waals surface area contributed by atoms with Crippen LogP contribution in [0.25, 0.3) is 11.5 Å². The molecule has 0 atom stereocenters. The van der Waals surface area contributed by atoms with Gasteiger partial charge in [0.25, 0.3) is 5.89 Å². The molecule has 0 aliphatic carbocycles. The molecule has 2 aromatic heterocycles. The normalized spacial score (nSPS) is 10.6. The second kappa shape index (κ2) is 7.75. The lowest BCUT2D eigenvalue weighted by Crippen LogP contribution is -2.28. The SMILES string of the molecule is COCCNC(=O)CSc1ccc(-c2nc(C)no2)cn1. The van der Waals surface area contributed by atoms with Crippen LogP contribution in [0, 0.1) is 6.92 Å². The van der Waals surface area contributed by atoms with Gasteiger partial charge in [0, 0.05) is 19.9 Å². The number of carbonyl (C=O) groups is 1. The Hall–Kier alpha value is -1.93. The quantitative estimate of drug-likeness (QED) is 0.609. The zero-order chi connectivity index (χ0) is 15.1. The molecule has 2 heterocycles. The fourth-order valence-corrected chi connectivity index (χ4v) is 2.16. The standard InChI is InChI=1S/C13H16N4O3S/c1-9-16-13(20-17-9)10-3-4-12(15-7-10)21-8-11(18)14-5-6-19-2/h3-4,7H,5-6,8H2,1-2H3,(H,14,18). The lowest BCUT2D eigenvalue weighted by Gasteiger charge is -2.04. The summed E-state index contributed by atoms with van der Waals surface area (Å²) >= 11 is 1.37. The number of hydrogen-bond donors (Lipinski definition) is 1. The number of nitrogens with one attached hydrogen (secondary N) is 1. The van der Waals surface area contributed by atoms with Crippen molar-refractivity contribution in [1.29, 1.82) is 0 Å². The molecule has 2 aromatic rings. The highest BCUT2D eigenvalue weighted by atomic mass is 32.2. The summed E-state index contributed by atoms with van der Waals surface area (Å²) < 4.78 is 9.92. The smallest absolute Gasteiger partial charge is 0.259 e. The Kier molecular flexibility index (Phi) is 5.70. The number of pyridine rings is 1. The Labute approximate surface area is 126 Å². The van der Waals surface area contributed by atoms with Crippen molar-refractivity contribution in [1.82, 2.24) is 20.4 Å². The van der Waals surface area contributed by atoms with E-state index >= 15 is 0 Å². The molecule has 1 N–H and O–H groups in total. The molecule has 0 saturated carbocycles. The number of amides is 1. The van der Waals surface area contributed by atoms with Crippen molar-refractivity contribution in [2.24, 2.45) is 0 Å². The van der Waals surface area contributed by atoms with Gasteiger partial charge in [-0.2, -0.15) is 4.98 Å². The summed E-state index contributed by atoms with van der Waals surface area (Å²) in [5, 5.41) is 7.24. The molecule has 0 bridgehead atoms. The maximum atomic E-state index is 11.5. The molecule has 21 heavy (non-hydrogen) atoms. The Morgan fingerprint density at radius 1 is 1.48 bits per heavy atom. The molecule has 0 aliphatic heterocycles. The minimum Gasteiger partial charge on any atom is -0.383 e. The van der Waals surface area contributed by atoms with Gasteiger partial charge >= 0.3 is 0 Å². The summed E-state index contributed by atoms with van der Waals surface area (Å²) in [6, 6.07) is 3.66. The molecule has 1 amide bonds. The highest BCUT2D eigenvalue weighted by Gasteiger charge is 2.08. The van der Waals surface area contributed by atoms with Gasteiger partial charge in [-0.1, -0.05) is 16.9 Å². The van der Waals surface area contributed by atoms with Crippen LogP contribution in [0.4, 0.5) is 0 Å². The molecule has 0 fully saturated rings. The van der Waals surface area contributed by atoms with Crippen LogP contribution >= 0.6 is 11.8 Å². The van der Waals surface area contributed by atoms with Crippen molar-refractivity contribution in [2.75, 3.05) is 26.0 Å². The predicted octanol–water partition coefficient (Wildman–Crippen LogP) is 1.29. The highest BCUT2D eigenvalue weighted by molar-refractivity contribution is 7.99.